The van der Waals surface area contributed by atoms with Crippen LogP contribution in [-0.4, -0.2) is 26.4 Å². The summed E-state index contributed by atoms with van der Waals surface area (Å²) in [6, 6.07) is 2.08. The average Bonchev–Trinajstić information content (AvgIpc) is 2.62. The number of nitrogens with two attached hydrogens (primary N) is 1. The number of nitrogen functional groups attached to an aromatic ring is 1. The largest absolute Gasteiger partial charge is 0.486 e. The number of nitriles is 1. The van der Waals surface area contributed by atoms with Gasteiger partial charge in [0.2, 0.25) is 0 Å². The molecule has 0 radical (unpaired) electrons. The molecule has 0 saturated carbocycles. The van der Waals surface area contributed by atoms with E-state index in [0.29, 0.717) is 22.9 Å². The molecular weight excluding hydrogens is 250 g/mol. The summed E-state index contributed by atoms with van der Waals surface area (Å²) >= 11 is 1.32. The van der Waals surface area contributed by atoms with Crippen molar-refractivity contribution >= 4 is 22.0 Å². The van der Waals surface area contributed by atoms with Gasteiger partial charge >= 0.3 is 0 Å². The minimum absolute atomic E-state index is 0.0213. The van der Waals surface area contributed by atoms with Crippen LogP contribution in [0.1, 0.15) is 25.1 Å². The first-order chi connectivity index (χ1) is 8.60. The summed E-state index contributed by atoms with van der Waals surface area (Å²) in [5, 5.41) is 13.0. The molecule has 0 aromatic carbocycles. The van der Waals surface area contributed by atoms with Crippen molar-refractivity contribution < 1.29 is 9.47 Å². The van der Waals surface area contributed by atoms with Crippen molar-refractivity contribution in [1.29, 1.82) is 5.26 Å². The van der Waals surface area contributed by atoms with Gasteiger partial charge in [0.1, 0.15) is 21.6 Å². The summed E-state index contributed by atoms with van der Waals surface area (Å²) in [4.78, 5) is 0.486. The average molecular weight is 269 g/mol. The second-order valence-corrected chi connectivity index (χ2v) is 5.08. The molecule has 0 amide bonds. The number of rotatable bonds is 7. The standard InChI is InChI=1S/C12H19N3O2S/c1-8(2)17-11-10(14)9(7-13)18-12(11)15-5-4-6-16-3/h8,15H,4-6,14H2,1-3H3. The maximum Gasteiger partial charge on any atom is 0.178 e. The van der Waals surface area contributed by atoms with E-state index in [2.05, 4.69) is 11.4 Å². The van der Waals surface area contributed by atoms with E-state index in [-0.39, 0.29) is 6.10 Å². The molecule has 3 N–H and O–H groups in total. The minimum Gasteiger partial charge on any atom is -0.486 e. The number of nitrogens with zero attached hydrogens (tertiary/aromatic N) is 1. The maximum atomic E-state index is 8.98. The molecule has 100 valence electrons. The molecule has 0 aliphatic heterocycles. The van der Waals surface area contributed by atoms with E-state index >= 15 is 0 Å². The van der Waals surface area contributed by atoms with Crippen LogP contribution < -0.4 is 15.8 Å². The molecule has 5 nitrogen and oxygen atoms in total. The third kappa shape index (κ3) is 3.79. The maximum absolute atomic E-state index is 8.98. The van der Waals surface area contributed by atoms with Gasteiger partial charge in [-0.05, 0) is 20.3 Å². The van der Waals surface area contributed by atoms with Crippen molar-refractivity contribution in [3.8, 4) is 11.8 Å². The van der Waals surface area contributed by atoms with E-state index in [0.717, 1.165) is 18.0 Å². The lowest BCUT2D eigenvalue weighted by Gasteiger charge is -2.12. The lowest BCUT2D eigenvalue weighted by Crippen LogP contribution is -2.09. The molecule has 6 heteroatoms. The number of thiophene rings is 1. The van der Waals surface area contributed by atoms with Crippen LogP contribution in [-0.2, 0) is 4.74 Å². The van der Waals surface area contributed by atoms with Crippen LogP contribution in [0.3, 0.4) is 0 Å². The number of ether oxygens (including phenoxy) is 2. The molecular formula is C12H19N3O2S. The molecule has 0 fully saturated rings. The van der Waals surface area contributed by atoms with Crippen LogP contribution in [0.4, 0.5) is 10.7 Å². The fourth-order valence-corrected chi connectivity index (χ4v) is 2.28. The van der Waals surface area contributed by atoms with Crippen LogP contribution in [0, 0.1) is 11.3 Å². The Hall–Kier alpha value is -1.45. The van der Waals surface area contributed by atoms with Gasteiger partial charge in [-0.3, -0.25) is 0 Å². The summed E-state index contributed by atoms with van der Waals surface area (Å²) in [7, 11) is 1.67. The molecule has 18 heavy (non-hydrogen) atoms. The summed E-state index contributed by atoms with van der Waals surface area (Å²) in [5.74, 6) is 0.587. The normalized spacial score (nSPS) is 10.4. The van der Waals surface area contributed by atoms with Crippen LogP contribution in [0.2, 0.25) is 0 Å². The van der Waals surface area contributed by atoms with Crippen molar-refractivity contribution in [3.05, 3.63) is 4.88 Å². The van der Waals surface area contributed by atoms with Crippen molar-refractivity contribution in [3.63, 3.8) is 0 Å². The molecule has 0 bridgehead atoms. The molecule has 0 aliphatic carbocycles. The monoisotopic (exact) mass is 269 g/mol. The molecule has 1 heterocycles. The highest BCUT2D eigenvalue weighted by atomic mass is 32.1. The first-order valence-electron chi connectivity index (χ1n) is 5.82. The molecule has 0 spiro atoms. The quantitative estimate of drug-likeness (QED) is 0.743. The lowest BCUT2D eigenvalue weighted by molar-refractivity contribution is 0.197. The van der Waals surface area contributed by atoms with Crippen LogP contribution in [0.25, 0.3) is 0 Å². The predicted molar refractivity (Wildman–Crippen MR) is 74.2 cm³/mol. The Labute approximate surface area is 112 Å². The van der Waals surface area contributed by atoms with Gasteiger partial charge in [0.25, 0.3) is 0 Å². The summed E-state index contributed by atoms with van der Waals surface area (Å²) < 4.78 is 10.6. The Balaban J connectivity index is 2.78. The third-order valence-corrected chi connectivity index (χ3v) is 3.21. The van der Waals surface area contributed by atoms with Gasteiger partial charge in [0.15, 0.2) is 5.75 Å². The smallest absolute Gasteiger partial charge is 0.178 e. The predicted octanol–water partition coefficient (Wildman–Crippen LogP) is 2.44. The van der Waals surface area contributed by atoms with Crippen LogP contribution in [0.5, 0.6) is 5.75 Å². The SMILES string of the molecule is COCCCNc1sc(C#N)c(N)c1OC(C)C. The van der Waals surface area contributed by atoms with Gasteiger partial charge in [-0.2, -0.15) is 5.26 Å². The Kier molecular flexibility index (Phi) is 5.75. The first-order valence-corrected chi connectivity index (χ1v) is 6.63. The van der Waals surface area contributed by atoms with Gasteiger partial charge < -0.3 is 20.5 Å². The van der Waals surface area contributed by atoms with Gasteiger partial charge in [-0.1, -0.05) is 0 Å². The van der Waals surface area contributed by atoms with Crippen molar-refractivity contribution in [2.75, 3.05) is 31.3 Å². The molecule has 1 aromatic heterocycles. The summed E-state index contributed by atoms with van der Waals surface area (Å²) in [5.41, 5.74) is 6.31. The minimum atomic E-state index is 0.0213. The highest BCUT2D eigenvalue weighted by molar-refractivity contribution is 7.17. The molecule has 1 aromatic rings. The highest BCUT2D eigenvalue weighted by Gasteiger charge is 2.18. The molecule has 0 aliphatic rings. The van der Waals surface area contributed by atoms with Crippen molar-refractivity contribution in [2.45, 2.75) is 26.4 Å². The second kappa shape index (κ2) is 7.09. The van der Waals surface area contributed by atoms with Crippen molar-refractivity contribution in [1.82, 2.24) is 0 Å². The van der Waals surface area contributed by atoms with Crippen LogP contribution in [0.15, 0.2) is 0 Å². The molecule has 0 unspecified atom stereocenters. The van der Waals surface area contributed by atoms with Gasteiger partial charge in [-0.25, -0.2) is 0 Å². The Morgan fingerprint density at radius 1 is 1.50 bits per heavy atom. The van der Waals surface area contributed by atoms with Gasteiger partial charge in [0, 0.05) is 20.3 Å². The van der Waals surface area contributed by atoms with E-state index < -0.39 is 0 Å². The van der Waals surface area contributed by atoms with Gasteiger partial charge in [0.05, 0.1) is 6.10 Å². The van der Waals surface area contributed by atoms with E-state index in [1.54, 1.807) is 7.11 Å². The number of anilines is 2. The molecule has 0 saturated heterocycles. The Bertz CT molecular complexity index is 424. The second-order valence-electron chi connectivity index (χ2n) is 4.05. The van der Waals surface area contributed by atoms with E-state index in [1.165, 1.54) is 11.3 Å². The lowest BCUT2D eigenvalue weighted by atomic mass is 10.3. The zero-order chi connectivity index (χ0) is 13.5. The zero-order valence-electron chi connectivity index (χ0n) is 10.9. The summed E-state index contributed by atoms with van der Waals surface area (Å²) in [6.45, 7) is 5.31. The van der Waals surface area contributed by atoms with E-state index in [4.69, 9.17) is 20.5 Å². The summed E-state index contributed by atoms with van der Waals surface area (Å²) in [6.07, 6.45) is 0.907. The Morgan fingerprint density at radius 3 is 2.78 bits per heavy atom. The number of nitrogens with one attached hydrogen (secondary N) is 1. The molecule has 1 rings (SSSR count). The fourth-order valence-electron chi connectivity index (χ4n) is 1.40. The van der Waals surface area contributed by atoms with E-state index in [9.17, 15) is 0 Å². The van der Waals surface area contributed by atoms with E-state index in [1.807, 2.05) is 13.8 Å². The third-order valence-electron chi connectivity index (χ3n) is 2.17. The van der Waals surface area contributed by atoms with Crippen molar-refractivity contribution in [2.24, 2.45) is 0 Å². The fraction of sp³-hybridized carbons (Fsp3) is 0.583. The number of methoxy groups -OCH3 is 1. The highest BCUT2D eigenvalue weighted by Crippen LogP contribution is 2.42. The topological polar surface area (TPSA) is 80.3 Å². The van der Waals surface area contributed by atoms with Crippen LogP contribution >= 0.6 is 11.3 Å². The Morgan fingerprint density at radius 2 is 2.22 bits per heavy atom. The first kappa shape index (κ1) is 14.6. The zero-order valence-corrected chi connectivity index (χ0v) is 11.8. The number of hydrogen-bond donors (Lipinski definition) is 2. The molecule has 0 atom stereocenters. The van der Waals surface area contributed by atoms with Gasteiger partial charge in [-0.15, -0.1) is 11.3 Å². The number of hydrogen-bond acceptors (Lipinski definition) is 6.